The van der Waals surface area contributed by atoms with E-state index in [9.17, 15) is 4.79 Å². The van der Waals surface area contributed by atoms with Gasteiger partial charge >= 0.3 is 5.97 Å². The van der Waals surface area contributed by atoms with Gasteiger partial charge < -0.3 is 10.0 Å². The van der Waals surface area contributed by atoms with Gasteiger partial charge in [-0.15, -0.1) is 0 Å². The Bertz CT molecular complexity index is 474. The summed E-state index contributed by atoms with van der Waals surface area (Å²) in [5.41, 5.74) is 1.93. The van der Waals surface area contributed by atoms with Crippen LogP contribution in [0.4, 0.5) is 5.69 Å². The van der Waals surface area contributed by atoms with Gasteiger partial charge in [-0.25, -0.2) is 4.79 Å². The lowest BCUT2D eigenvalue weighted by molar-refractivity contribution is 0.0696. The van der Waals surface area contributed by atoms with Crippen molar-refractivity contribution >= 4 is 27.6 Å². The molecule has 0 radical (unpaired) electrons. The van der Waals surface area contributed by atoms with Crippen LogP contribution in [0, 0.1) is 5.41 Å². The Morgan fingerprint density at radius 1 is 1.29 bits per heavy atom. The first kappa shape index (κ1) is 11.1. The molecule has 1 heterocycles. The molecule has 1 saturated heterocycles. The first-order valence-electron chi connectivity index (χ1n) is 5.87. The Morgan fingerprint density at radius 3 is 2.53 bits per heavy atom. The van der Waals surface area contributed by atoms with Crippen molar-refractivity contribution < 1.29 is 9.90 Å². The lowest BCUT2D eigenvalue weighted by Crippen LogP contribution is -2.59. The van der Waals surface area contributed by atoms with Crippen LogP contribution in [0.2, 0.25) is 0 Å². The second kappa shape index (κ2) is 3.73. The number of hydrogen-bond acceptors (Lipinski definition) is 2. The molecule has 4 heteroatoms. The number of benzene rings is 1. The zero-order valence-electron chi connectivity index (χ0n) is 9.45. The molecule has 0 amide bonds. The molecule has 0 unspecified atom stereocenters. The molecule has 3 nitrogen and oxygen atoms in total. The Hall–Kier alpha value is -1.03. The van der Waals surface area contributed by atoms with Crippen LogP contribution in [0.5, 0.6) is 0 Å². The summed E-state index contributed by atoms with van der Waals surface area (Å²) in [7, 11) is 0. The summed E-state index contributed by atoms with van der Waals surface area (Å²) < 4.78 is 0.835. The quantitative estimate of drug-likeness (QED) is 0.911. The first-order chi connectivity index (χ1) is 8.08. The highest BCUT2D eigenvalue weighted by Crippen LogP contribution is 2.49. The van der Waals surface area contributed by atoms with Gasteiger partial charge in [-0.1, -0.05) is 22.4 Å². The highest BCUT2D eigenvalue weighted by Gasteiger charge is 2.47. The van der Waals surface area contributed by atoms with Crippen molar-refractivity contribution in [2.45, 2.75) is 19.3 Å². The van der Waals surface area contributed by atoms with Gasteiger partial charge in [0.05, 0.1) is 5.56 Å². The fraction of sp³-hybridized carbons (Fsp3) is 0.462. The van der Waals surface area contributed by atoms with Gasteiger partial charge in [-0.3, -0.25) is 0 Å². The van der Waals surface area contributed by atoms with E-state index < -0.39 is 5.97 Å². The van der Waals surface area contributed by atoms with Crippen LogP contribution < -0.4 is 4.90 Å². The highest BCUT2D eigenvalue weighted by molar-refractivity contribution is 9.10. The van der Waals surface area contributed by atoms with E-state index in [1.54, 1.807) is 12.1 Å². The molecule has 0 bridgehead atoms. The Labute approximate surface area is 109 Å². The minimum Gasteiger partial charge on any atom is -0.478 e. The van der Waals surface area contributed by atoms with Crippen LogP contribution in [0.25, 0.3) is 0 Å². The summed E-state index contributed by atoms with van der Waals surface area (Å²) in [4.78, 5) is 13.3. The normalized spacial score (nSPS) is 20.9. The fourth-order valence-corrected chi connectivity index (χ4v) is 3.30. The average molecular weight is 296 g/mol. The molecule has 0 aromatic heterocycles. The van der Waals surface area contributed by atoms with Gasteiger partial charge in [0.2, 0.25) is 0 Å². The smallest absolute Gasteiger partial charge is 0.335 e. The van der Waals surface area contributed by atoms with Gasteiger partial charge in [0.15, 0.2) is 0 Å². The standard InChI is InChI=1S/C13H14BrNO2/c14-10-4-9(12(16)17)5-11(6-10)15-7-13(8-15)2-1-3-13/h4-6H,1-3,7-8H2,(H,16,17). The van der Waals surface area contributed by atoms with E-state index in [0.29, 0.717) is 11.0 Å². The molecule has 2 aliphatic rings. The van der Waals surface area contributed by atoms with E-state index in [0.717, 1.165) is 23.2 Å². The molecular formula is C13H14BrNO2. The second-order valence-electron chi connectivity index (χ2n) is 5.21. The van der Waals surface area contributed by atoms with E-state index in [1.165, 1.54) is 19.3 Å². The maximum Gasteiger partial charge on any atom is 0.335 e. The third kappa shape index (κ3) is 1.84. The van der Waals surface area contributed by atoms with E-state index in [1.807, 2.05) is 6.07 Å². The Morgan fingerprint density at radius 2 is 2.00 bits per heavy atom. The number of hydrogen-bond donors (Lipinski definition) is 1. The Balaban J connectivity index is 1.81. The van der Waals surface area contributed by atoms with Crippen LogP contribution >= 0.6 is 15.9 Å². The summed E-state index contributed by atoms with van der Waals surface area (Å²) in [5.74, 6) is -0.869. The molecule has 0 atom stereocenters. The highest BCUT2D eigenvalue weighted by atomic mass is 79.9. The number of carbonyl (C=O) groups is 1. The molecule has 17 heavy (non-hydrogen) atoms. The van der Waals surface area contributed by atoms with Gasteiger partial charge in [0.25, 0.3) is 0 Å². The van der Waals surface area contributed by atoms with Crippen molar-refractivity contribution in [1.29, 1.82) is 0 Å². The number of rotatable bonds is 2. The molecule has 1 N–H and O–H groups in total. The van der Waals surface area contributed by atoms with Crippen molar-refractivity contribution in [2.24, 2.45) is 5.41 Å². The summed E-state index contributed by atoms with van der Waals surface area (Å²) in [6, 6.07) is 5.40. The van der Waals surface area contributed by atoms with E-state index in [2.05, 4.69) is 20.8 Å². The van der Waals surface area contributed by atoms with E-state index in [4.69, 9.17) is 5.11 Å². The molecule has 1 spiro atoms. The first-order valence-corrected chi connectivity index (χ1v) is 6.66. The number of carboxylic acid groups (broad SMARTS) is 1. The van der Waals surface area contributed by atoms with Crippen LogP contribution in [-0.2, 0) is 0 Å². The fourth-order valence-electron chi connectivity index (χ4n) is 2.82. The van der Waals surface area contributed by atoms with Crippen molar-refractivity contribution in [3.8, 4) is 0 Å². The predicted octanol–water partition coefficient (Wildman–Crippen LogP) is 3.14. The third-order valence-electron chi connectivity index (χ3n) is 3.96. The molecular weight excluding hydrogens is 282 g/mol. The van der Waals surface area contributed by atoms with Gasteiger partial charge in [-0.05, 0) is 31.0 Å². The van der Waals surface area contributed by atoms with Crippen molar-refractivity contribution in [2.75, 3.05) is 18.0 Å². The molecule has 1 aliphatic heterocycles. The molecule has 90 valence electrons. The molecule has 2 fully saturated rings. The molecule has 1 aromatic rings. The van der Waals surface area contributed by atoms with Crippen LogP contribution in [-0.4, -0.2) is 24.2 Å². The lowest BCUT2D eigenvalue weighted by Gasteiger charge is -2.57. The van der Waals surface area contributed by atoms with Crippen molar-refractivity contribution in [3.05, 3.63) is 28.2 Å². The zero-order chi connectivity index (χ0) is 12.0. The number of nitrogens with zero attached hydrogens (tertiary/aromatic N) is 1. The lowest BCUT2D eigenvalue weighted by atomic mass is 9.63. The topological polar surface area (TPSA) is 40.5 Å². The molecule has 1 aliphatic carbocycles. The molecule has 1 saturated carbocycles. The average Bonchev–Trinajstić information content (AvgIpc) is 2.12. The summed E-state index contributed by atoms with van der Waals surface area (Å²) in [6.07, 6.45) is 4.03. The van der Waals surface area contributed by atoms with E-state index >= 15 is 0 Å². The number of halogens is 1. The monoisotopic (exact) mass is 295 g/mol. The van der Waals surface area contributed by atoms with Crippen molar-refractivity contribution in [3.63, 3.8) is 0 Å². The third-order valence-corrected chi connectivity index (χ3v) is 4.42. The van der Waals surface area contributed by atoms with Gasteiger partial charge in [-0.2, -0.15) is 0 Å². The Kier molecular flexibility index (Phi) is 2.43. The number of carboxylic acids is 1. The summed E-state index contributed by atoms with van der Waals surface area (Å²) >= 11 is 3.37. The second-order valence-corrected chi connectivity index (χ2v) is 6.13. The van der Waals surface area contributed by atoms with Crippen LogP contribution in [0.3, 0.4) is 0 Å². The predicted molar refractivity (Wildman–Crippen MR) is 69.6 cm³/mol. The van der Waals surface area contributed by atoms with Crippen LogP contribution in [0.1, 0.15) is 29.6 Å². The van der Waals surface area contributed by atoms with E-state index in [-0.39, 0.29) is 0 Å². The number of anilines is 1. The van der Waals surface area contributed by atoms with Gasteiger partial charge in [0.1, 0.15) is 0 Å². The summed E-state index contributed by atoms with van der Waals surface area (Å²) in [5, 5.41) is 9.03. The van der Waals surface area contributed by atoms with Crippen molar-refractivity contribution in [1.82, 2.24) is 0 Å². The number of aromatic carboxylic acids is 1. The van der Waals surface area contributed by atoms with Crippen LogP contribution in [0.15, 0.2) is 22.7 Å². The SMILES string of the molecule is O=C(O)c1cc(Br)cc(N2CC3(CCC3)C2)c1. The zero-order valence-corrected chi connectivity index (χ0v) is 11.0. The van der Waals surface area contributed by atoms with Gasteiger partial charge in [0, 0.05) is 28.7 Å². The largest absolute Gasteiger partial charge is 0.478 e. The molecule has 3 rings (SSSR count). The minimum absolute atomic E-state index is 0.351. The maximum absolute atomic E-state index is 11.0. The minimum atomic E-state index is -0.869. The molecule has 1 aromatic carbocycles. The maximum atomic E-state index is 11.0. The summed E-state index contributed by atoms with van der Waals surface area (Å²) in [6.45, 7) is 2.17.